The molecule has 124 valence electrons. The third-order valence-corrected chi connectivity index (χ3v) is 4.67. The van der Waals surface area contributed by atoms with Gasteiger partial charge in [0, 0.05) is 13.1 Å². The maximum absolute atomic E-state index is 13.2. The van der Waals surface area contributed by atoms with Gasteiger partial charge in [-0.3, -0.25) is 9.59 Å². The number of benzene rings is 2. The maximum Gasteiger partial charge on any atom is 0.306 e. The summed E-state index contributed by atoms with van der Waals surface area (Å²) in [6, 6.07) is 19.5. The van der Waals surface area contributed by atoms with Crippen molar-refractivity contribution in [2.24, 2.45) is 5.92 Å². The number of amides is 1. The van der Waals surface area contributed by atoms with Gasteiger partial charge in [0.2, 0.25) is 5.91 Å². The largest absolute Gasteiger partial charge is 0.481 e. The Balaban J connectivity index is 1.84. The summed E-state index contributed by atoms with van der Waals surface area (Å²) in [6.07, 6.45) is 1.05. The summed E-state index contributed by atoms with van der Waals surface area (Å²) in [4.78, 5) is 26.1. The molecule has 0 bridgehead atoms. The second kappa shape index (κ2) is 7.30. The van der Waals surface area contributed by atoms with Crippen LogP contribution < -0.4 is 0 Å². The highest BCUT2D eigenvalue weighted by molar-refractivity contribution is 5.87. The summed E-state index contributed by atoms with van der Waals surface area (Å²) < 4.78 is 0. The molecule has 1 saturated heterocycles. The lowest BCUT2D eigenvalue weighted by Gasteiger charge is -2.33. The van der Waals surface area contributed by atoms with Crippen LogP contribution in [-0.2, 0) is 9.59 Å². The molecule has 1 fully saturated rings. The summed E-state index contributed by atoms with van der Waals surface area (Å²) in [6.45, 7) is 1.01. The SMILES string of the molecule is O=C(O)C1CCN(C(=O)C(c2ccccc2)c2ccccc2)CC1. The van der Waals surface area contributed by atoms with E-state index in [2.05, 4.69) is 0 Å². The number of hydrogen-bond donors (Lipinski definition) is 1. The predicted molar refractivity (Wildman–Crippen MR) is 91.7 cm³/mol. The van der Waals surface area contributed by atoms with E-state index in [4.69, 9.17) is 5.11 Å². The topological polar surface area (TPSA) is 57.6 Å². The molecular weight excluding hydrogens is 302 g/mol. The Bertz CT molecular complexity index is 652. The van der Waals surface area contributed by atoms with Crippen molar-refractivity contribution in [3.05, 3.63) is 71.8 Å². The fourth-order valence-corrected chi connectivity index (χ4v) is 3.30. The van der Waals surface area contributed by atoms with Crippen LogP contribution in [0, 0.1) is 5.92 Å². The van der Waals surface area contributed by atoms with Crippen LogP contribution in [0.4, 0.5) is 0 Å². The molecule has 0 aromatic heterocycles. The minimum atomic E-state index is -0.759. The molecule has 1 heterocycles. The highest BCUT2D eigenvalue weighted by Crippen LogP contribution is 2.29. The fraction of sp³-hybridized carbons (Fsp3) is 0.300. The molecule has 0 aliphatic carbocycles. The molecular formula is C20H21NO3. The van der Waals surface area contributed by atoms with Crippen LogP contribution in [-0.4, -0.2) is 35.0 Å². The van der Waals surface area contributed by atoms with E-state index in [0.29, 0.717) is 25.9 Å². The van der Waals surface area contributed by atoms with Crippen LogP contribution in [0.15, 0.2) is 60.7 Å². The molecule has 0 atom stereocenters. The molecule has 1 aliphatic rings. The summed E-state index contributed by atoms with van der Waals surface area (Å²) in [5.41, 5.74) is 1.93. The zero-order chi connectivity index (χ0) is 16.9. The van der Waals surface area contributed by atoms with Gasteiger partial charge in [-0.05, 0) is 24.0 Å². The third-order valence-electron chi connectivity index (χ3n) is 4.67. The summed E-state index contributed by atoms with van der Waals surface area (Å²) in [5, 5.41) is 9.12. The molecule has 2 aromatic rings. The molecule has 0 radical (unpaired) electrons. The Morgan fingerprint density at radius 2 is 1.33 bits per heavy atom. The van der Waals surface area contributed by atoms with E-state index in [1.54, 1.807) is 0 Å². The minimum Gasteiger partial charge on any atom is -0.481 e. The lowest BCUT2D eigenvalue weighted by atomic mass is 9.88. The van der Waals surface area contributed by atoms with Gasteiger partial charge in [0.05, 0.1) is 11.8 Å². The number of nitrogens with zero attached hydrogens (tertiary/aromatic N) is 1. The average Bonchev–Trinajstić information content (AvgIpc) is 2.64. The molecule has 4 heteroatoms. The number of hydrogen-bond acceptors (Lipinski definition) is 2. The van der Waals surface area contributed by atoms with Gasteiger partial charge < -0.3 is 10.0 Å². The van der Waals surface area contributed by atoms with Gasteiger partial charge in [0.15, 0.2) is 0 Å². The number of rotatable bonds is 4. The van der Waals surface area contributed by atoms with Crippen LogP contribution in [0.5, 0.6) is 0 Å². The third kappa shape index (κ3) is 3.48. The number of carboxylic acids is 1. The standard InChI is InChI=1S/C20H21NO3/c22-19(21-13-11-17(12-14-21)20(23)24)18(15-7-3-1-4-8-15)16-9-5-2-6-10-16/h1-10,17-18H,11-14H2,(H,23,24). The summed E-state index contributed by atoms with van der Waals surface area (Å²) >= 11 is 0. The monoisotopic (exact) mass is 323 g/mol. The number of likely N-dealkylation sites (tertiary alicyclic amines) is 1. The quantitative estimate of drug-likeness (QED) is 0.940. The van der Waals surface area contributed by atoms with Crippen molar-refractivity contribution in [3.8, 4) is 0 Å². The van der Waals surface area contributed by atoms with E-state index in [9.17, 15) is 9.59 Å². The van der Waals surface area contributed by atoms with E-state index in [0.717, 1.165) is 11.1 Å². The number of piperidine rings is 1. The highest BCUT2D eigenvalue weighted by atomic mass is 16.4. The zero-order valence-corrected chi connectivity index (χ0v) is 13.5. The van der Waals surface area contributed by atoms with Crippen LogP contribution >= 0.6 is 0 Å². The molecule has 0 saturated carbocycles. The van der Waals surface area contributed by atoms with Crippen molar-refractivity contribution < 1.29 is 14.7 Å². The van der Waals surface area contributed by atoms with Crippen molar-refractivity contribution in [1.29, 1.82) is 0 Å². The lowest BCUT2D eigenvalue weighted by molar-refractivity contribution is -0.145. The number of carbonyl (C=O) groups is 2. The lowest BCUT2D eigenvalue weighted by Crippen LogP contribution is -2.42. The van der Waals surface area contributed by atoms with Crippen LogP contribution in [0.3, 0.4) is 0 Å². The zero-order valence-electron chi connectivity index (χ0n) is 13.5. The first kappa shape index (κ1) is 16.2. The number of carboxylic acid groups (broad SMARTS) is 1. The van der Waals surface area contributed by atoms with E-state index in [1.165, 1.54) is 0 Å². The van der Waals surface area contributed by atoms with Gasteiger partial charge in [0.1, 0.15) is 0 Å². The number of aliphatic carboxylic acids is 1. The Morgan fingerprint density at radius 3 is 1.75 bits per heavy atom. The second-order valence-electron chi connectivity index (χ2n) is 6.19. The molecule has 1 aliphatic heterocycles. The van der Waals surface area contributed by atoms with Gasteiger partial charge in [-0.15, -0.1) is 0 Å². The first-order valence-electron chi connectivity index (χ1n) is 8.28. The smallest absolute Gasteiger partial charge is 0.306 e. The minimum absolute atomic E-state index is 0.0521. The second-order valence-corrected chi connectivity index (χ2v) is 6.19. The average molecular weight is 323 g/mol. The van der Waals surface area contributed by atoms with E-state index in [-0.39, 0.29) is 17.7 Å². The molecule has 3 rings (SSSR count). The molecule has 1 amide bonds. The maximum atomic E-state index is 13.2. The first-order valence-corrected chi connectivity index (χ1v) is 8.28. The molecule has 1 N–H and O–H groups in total. The van der Waals surface area contributed by atoms with Crippen molar-refractivity contribution >= 4 is 11.9 Å². The molecule has 0 unspecified atom stereocenters. The van der Waals surface area contributed by atoms with Gasteiger partial charge in [-0.2, -0.15) is 0 Å². The van der Waals surface area contributed by atoms with Crippen LogP contribution in [0.1, 0.15) is 29.9 Å². The molecule has 24 heavy (non-hydrogen) atoms. The van der Waals surface area contributed by atoms with Gasteiger partial charge >= 0.3 is 5.97 Å². The van der Waals surface area contributed by atoms with Gasteiger partial charge in [-0.1, -0.05) is 60.7 Å². The van der Waals surface area contributed by atoms with Crippen molar-refractivity contribution in [2.75, 3.05) is 13.1 Å². The molecule has 4 nitrogen and oxygen atoms in total. The van der Waals surface area contributed by atoms with Crippen molar-refractivity contribution in [2.45, 2.75) is 18.8 Å². The van der Waals surface area contributed by atoms with Crippen molar-refractivity contribution in [1.82, 2.24) is 4.90 Å². The predicted octanol–water partition coefficient (Wildman–Crippen LogP) is 3.14. The Kier molecular flexibility index (Phi) is 4.94. The van der Waals surface area contributed by atoms with E-state index in [1.807, 2.05) is 65.6 Å². The molecule has 0 spiro atoms. The first-order chi connectivity index (χ1) is 11.7. The summed E-state index contributed by atoms with van der Waals surface area (Å²) in [7, 11) is 0. The Hall–Kier alpha value is -2.62. The highest BCUT2D eigenvalue weighted by Gasteiger charge is 2.32. The van der Waals surface area contributed by atoms with E-state index >= 15 is 0 Å². The Labute approximate surface area is 141 Å². The summed E-state index contributed by atoms with van der Waals surface area (Å²) in [5.74, 6) is -1.38. The number of carbonyl (C=O) groups excluding carboxylic acids is 1. The fourth-order valence-electron chi connectivity index (χ4n) is 3.30. The van der Waals surface area contributed by atoms with Crippen LogP contribution in [0.25, 0.3) is 0 Å². The normalized spacial score (nSPS) is 15.5. The van der Waals surface area contributed by atoms with Gasteiger partial charge in [0.25, 0.3) is 0 Å². The van der Waals surface area contributed by atoms with Gasteiger partial charge in [-0.25, -0.2) is 0 Å². The molecule has 2 aromatic carbocycles. The van der Waals surface area contributed by atoms with Crippen LogP contribution in [0.2, 0.25) is 0 Å². The Morgan fingerprint density at radius 1 is 0.875 bits per heavy atom. The van der Waals surface area contributed by atoms with E-state index < -0.39 is 5.97 Å². The van der Waals surface area contributed by atoms with Crippen molar-refractivity contribution in [3.63, 3.8) is 0 Å².